The summed E-state index contributed by atoms with van der Waals surface area (Å²) >= 11 is 38.6. The van der Waals surface area contributed by atoms with Gasteiger partial charge in [-0.2, -0.15) is 0 Å². The maximum absolute atomic E-state index is 13.1. The van der Waals surface area contributed by atoms with Crippen molar-refractivity contribution >= 4 is 87.1 Å². The van der Waals surface area contributed by atoms with Crippen LogP contribution in [-0.2, 0) is 9.59 Å². The molecule has 2 fully saturated rings. The number of hydrogen-bond donors (Lipinski definition) is 0. The molecule has 4 nitrogen and oxygen atoms in total. The Kier molecular flexibility index (Phi) is 4.08. The van der Waals surface area contributed by atoms with Crippen LogP contribution in [-0.4, -0.2) is 33.0 Å². The first-order valence-corrected chi connectivity index (χ1v) is 9.65. The van der Waals surface area contributed by atoms with Crippen LogP contribution in [0.1, 0.15) is 0 Å². The van der Waals surface area contributed by atoms with E-state index in [-0.39, 0.29) is 10.1 Å². The van der Waals surface area contributed by atoms with Crippen molar-refractivity contribution in [2.75, 3.05) is 12.0 Å². The lowest BCUT2D eigenvalue weighted by Crippen LogP contribution is -2.50. The van der Waals surface area contributed by atoms with Crippen LogP contribution in [0.25, 0.3) is 0 Å². The van der Waals surface area contributed by atoms with Gasteiger partial charge in [-0.3, -0.25) is 9.59 Å². The maximum Gasteiger partial charge on any atom is 0.240 e. The molecule has 1 saturated carbocycles. The van der Waals surface area contributed by atoms with E-state index >= 15 is 0 Å². The average Bonchev–Trinajstić information content (AvgIpc) is 3.00. The van der Waals surface area contributed by atoms with Crippen molar-refractivity contribution in [3.05, 3.63) is 34.3 Å². The van der Waals surface area contributed by atoms with E-state index in [1.807, 2.05) is 0 Å². The van der Waals surface area contributed by atoms with Crippen molar-refractivity contribution in [1.82, 2.24) is 0 Å². The van der Waals surface area contributed by atoms with Crippen LogP contribution < -0.4 is 9.64 Å². The molecule has 1 aromatic rings. The highest BCUT2D eigenvalue weighted by molar-refractivity contribution is 6.67. The van der Waals surface area contributed by atoms with Gasteiger partial charge in [-0.1, -0.05) is 46.4 Å². The molecule has 4 atom stereocenters. The number of amides is 2. The van der Waals surface area contributed by atoms with Gasteiger partial charge in [0.25, 0.3) is 0 Å². The third kappa shape index (κ3) is 1.82. The van der Waals surface area contributed by atoms with Crippen molar-refractivity contribution in [2.45, 2.75) is 14.1 Å². The summed E-state index contributed by atoms with van der Waals surface area (Å²) < 4.78 is 3.16. The number of methoxy groups -OCH3 is 1. The maximum atomic E-state index is 13.1. The van der Waals surface area contributed by atoms with Gasteiger partial charge in [-0.25, -0.2) is 4.90 Å². The summed E-state index contributed by atoms with van der Waals surface area (Å²) in [6.07, 6.45) is 0. The highest BCUT2D eigenvalue weighted by Crippen LogP contribution is 2.77. The second-order valence-corrected chi connectivity index (χ2v) is 9.57. The Balaban J connectivity index is 1.86. The molecule has 0 N–H and O–H groups in total. The molecule has 4 rings (SSSR count). The van der Waals surface area contributed by atoms with Crippen LogP contribution >= 0.6 is 69.6 Å². The third-order valence-corrected chi connectivity index (χ3v) is 9.50. The lowest BCUT2D eigenvalue weighted by atomic mass is 9.84. The van der Waals surface area contributed by atoms with E-state index in [2.05, 4.69) is 0 Å². The van der Waals surface area contributed by atoms with Gasteiger partial charge in [-0.15, -0.1) is 23.2 Å². The minimum Gasteiger partial charge on any atom is -0.497 e. The Morgan fingerprint density at radius 2 is 1.31 bits per heavy atom. The fourth-order valence-electron chi connectivity index (χ4n) is 3.98. The van der Waals surface area contributed by atoms with Crippen LogP contribution in [0.3, 0.4) is 0 Å². The standard InChI is InChI=1S/C16H9Cl6NO3/c1-26-7-4-2-6(3-5-7)23-12(24)8-9(13(23)25)15(20)11(18)10(17)14(8,19)16(15,21)22/h2-5,8-9H,1H3/t8-,9+,14+,15-. The van der Waals surface area contributed by atoms with Crippen LogP contribution in [0.5, 0.6) is 5.75 Å². The molecule has 138 valence electrons. The molecule has 0 aromatic heterocycles. The fourth-order valence-corrected chi connectivity index (χ4v) is 6.91. The minimum absolute atomic E-state index is 0.111. The second-order valence-electron chi connectivity index (χ2n) is 6.29. The number of carbonyl (C=O) groups is 2. The summed E-state index contributed by atoms with van der Waals surface area (Å²) in [6, 6.07) is 6.39. The zero-order valence-corrected chi connectivity index (χ0v) is 17.4. The number of fused-ring (bicyclic) bond motifs is 5. The Labute approximate surface area is 178 Å². The minimum atomic E-state index is -1.93. The number of carbonyl (C=O) groups excluding carboxylic acids is 2. The summed E-state index contributed by atoms with van der Waals surface area (Å²) in [4.78, 5) is 23.7. The summed E-state index contributed by atoms with van der Waals surface area (Å²) in [7, 11) is 1.51. The lowest BCUT2D eigenvalue weighted by Gasteiger charge is -2.34. The normalized spacial score (nSPS) is 37.6. The number of nitrogens with zero attached hydrogens (tertiary/aromatic N) is 1. The number of halogens is 6. The van der Waals surface area contributed by atoms with Crippen LogP contribution in [0.4, 0.5) is 5.69 Å². The van der Waals surface area contributed by atoms with E-state index in [9.17, 15) is 9.59 Å². The highest BCUT2D eigenvalue weighted by atomic mass is 35.5. The van der Waals surface area contributed by atoms with E-state index in [1.165, 1.54) is 7.11 Å². The zero-order valence-electron chi connectivity index (χ0n) is 12.9. The topological polar surface area (TPSA) is 46.6 Å². The predicted octanol–water partition coefficient (Wildman–Crippen LogP) is 4.65. The molecule has 1 heterocycles. The number of rotatable bonds is 2. The Morgan fingerprint density at radius 3 is 1.69 bits per heavy atom. The van der Waals surface area contributed by atoms with E-state index in [0.717, 1.165) is 4.90 Å². The Bertz CT molecular complexity index is 838. The van der Waals surface area contributed by atoms with Gasteiger partial charge in [0, 0.05) is 0 Å². The molecular formula is C16H9Cl6NO3. The molecule has 1 aromatic carbocycles. The van der Waals surface area contributed by atoms with Crippen molar-refractivity contribution in [3.8, 4) is 5.75 Å². The number of alkyl halides is 4. The third-order valence-electron chi connectivity index (χ3n) is 5.24. The molecule has 0 radical (unpaired) electrons. The number of hydrogen-bond acceptors (Lipinski definition) is 3. The van der Waals surface area contributed by atoms with Gasteiger partial charge in [0.1, 0.15) is 15.5 Å². The SMILES string of the molecule is COc1ccc(N2C(=O)[C@@H]3[C@H](C2=O)[C@]2(Cl)C(Cl)=C(Cl)[C@@]3(Cl)C2(Cl)Cl)cc1. The van der Waals surface area contributed by atoms with Gasteiger partial charge in [0.15, 0.2) is 4.33 Å². The Hall–Kier alpha value is -0.360. The molecule has 2 amide bonds. The van der Waals surface area contributed by atoms with Crippen LogP contribution in [0.2, 0.25) is 0 Å². The van der Waals surface area contributed by atoms with Gasteiger partial charge in [-0.05, 0) is 24.3 Å². The first-order chi connectivity index (χ1) is 12.0. The summed E-state index contributed by atoms with van der Waals surface area (Å²) in [5, 5.41) is -0.223. The van der Waals surface area contributed by atoms with E-state index in [1.54, 1.807) is 24.3 Å². The largest absolute Gasteiger partial charge is 0.497 e. The van der Waals surface area contributed by atoms with Crippen molar-refractivity contribution < 1.29 is 14.3 Å². The number of benzene rings is 1. The Morgan fingerprint density at radius 1 is 0.885 bits per heavy atom. The lowest BCUT2D eigenvalue weighted by molar-refractivity contribution is -0.123. The molecule has 2 bridgehead atoms. The summed E-state index contributed by atoms with van der Waals surface area (Å²) in [5.41, 5.74) is 0.345. The van der Waals surface area contributed by atoms with Crippen molar-refractivity contribution in [2.24, 2.45) is 11.8 Å². The molecule has 26 heavy (non-hydrogen) atoms. The number of allylic oxidation sites excluding steroid dienone is 2. The molecule has 10 heteroatoms. The highest BCUT2D eigenvalue weighted by Gasteiger charge is 2.87. The first kappa shape index (κ1) is 19.0. The molecule has 1 aliphatic heterocycles. The van der Waals surface area contributed by atoms with Crippen LogP contribution in [0.15, 0.2) is 34.3 Å². The first-order valence-electron chi connectivity index (χ1n) is 7.38. The zero-order chi connectivity index (χ0) is 19.2. The summed E-state index contributed by atoms with van der Waals surface area (Å²) in [5.74, 6) is -2.88. The van der Waals surface area contributed by atoms with E-state index in [4.69, 9.17) is 74.3 Å². The quantitative estimate of drug-likeness (QED) is 0.462. The predicted molar refractivity (Wildman–Crippen MR) is 103 cm³/mol. The van der Waals surface area contributed by atoms with E-state index in [0.29, 0.717) is 11.4 Å². The van der Waals surface area contributed by atoms with Gasteiger partial charge in [0.05, 0.1) is 34.7 Å². The second kappa shape index (κ2) is 5.59. The number of ether oxygens (including phenoxy) is 1. The molecule has 1 saturated heterocycles. The fraction of sp³-hybridized carbons (Fsp3) is 0.375. The smallest absolute Gasteiger partial charge is 0.240 e. The van der Waals surface area contributed by atoms with Crippen molar-refractivity contribution in [3.63, 3.8) is 0 Å². The van der Waals surface area contributed by atoms with Gasteiger partial charge < -0.3 is 4.74 Å². The molecule has 0 spiro atoms. The van der Waals surface area contributed by atoms with Gasteiger partial charge in [0.2, 0.25) is 11.8 Å². The summed E-state index contributed by atoms with van der Waals surface area (Å²) in [6.45, 7) is 0. The van der Waals surface area contributed by atoms with E-state index < -0.39 is 37.7 Å². The number of imide groups is 1. The molecule has 0 unspecified atom stereocenters. The molecule has 2 aliphatic carbocycles. The molecular weight excluding hydrogens is 467 g/mol. The van der Waals surface area contributed by atoms with Gasteiger partial charge >= 0.3 is 0 Å². The number of anilines is 1. The average molecular weight is 476 g/mol. The van der Waals surface area contributed by atoms with Crippen LogP contribution in [0, 0.1) is 11.8 Å². The molecule has 3 aliphatic rings. The van der Waals surface area contributed by atoms with Crippen molar-refractivity contribution in [1.29, 1.82) is 0 Å². The monoisotopic (exact) mass is 473 g/mol.